The van der Waals surface area contributed by atoms with Crippen molar-refractivity contribution in [3.63, 3.8) is 0 Å². The second-order valence-electron chi connectivity index (χ2n) is 4.90. The van der Waals surface area contributed by atoms with Gasteiger partial charge in [-0.25, -0.2) is 0 Å². The summed E-state index contributed by atoms with van der Waals surface area (Å²) >= 11 is 0. The van der Waals surface area contributed by atoms with Crippen LogP contribution in [0.3, 0.4) is 0 Å². The van der Waals surface area contributed by atoms with Crippen LogP contribution < -0.4 is 5.73 Å². The van der Waals surface area contributed by atoms with Crippen molar-refractivity contribution in [3.05, 3.63) is 30.0 Å². The van der Waals surface area contributed by atoms with Crippen molar-refractivity contribution in [2.24, 2.45) is 0 Å². The zero-order chi connectivity index (χ0) is 11.7. The number of nitrogens with two attached hydrogens (primary N) is 1. The number of nitrogen functional groups attached to an aromatic ring is 1. The Morgan fingerprint density at radius 3 is 2.82 bits per heavy atom. The summed E-state index contributed by atoms with van der Waals surface area (Å²) in [6.45, 7) is 3.69. The molecule has 2 aromatic rings. The minimum atomic E-state index is 0.867. The van der Waals surface area contributed by atoms with Crippen molar-refractivity contribution in [2.45, 2.75) is 19.3 Å². The predicted octanol–water partition coefficient (Wildman–Crippen LogP) is 2.39. The van der Waals surface area contributed by atoms with Gasteiger partial charge >= 0.3 is 0 Å². The molecule has 1 aliphatic heterocycles. The molecule has 1 aliphatic rings. The Balaban J connectivity index is 1.74. The minimum Gasteiger partial charge on any atom is -0.398 e. The maximum Gasteiger partial charge on any atom is 0.0476 e. The first kappa shape index (κ1) is 10.7. The molecule has 1 saturated heterocycles. The molecule has 1 aromatic carbocycles. The van der Waals surface area contributed by atoms with Crippen LogP contribution in [-0.2, 0) is 6.42 Å². The van der Waals surface area contributed by atoms with Gasteiger partial charge in [0.25, 0.3) is 0 Å². The lowest BCUT2D eigenvalue weighted by Crippen LogP contribution is -2.21. The van der Waals surface area contributed by atoms with E-state index < -0.39 is 0 Å². The highest BCUT2D eigenvalue weighted by Crippen LogP contribution is 2.22. The van der Waals surface area contributed by atoms with Gasteiger partial charge in [-0.2, -0.15) is 0 Å². The number of nitrogens with zero attached hydrogens (tertiary/aromatic N) is 1. The summed E-state index contributed by atoms with van der Waals surface area (Å²) in [6.07, 6.45) is 3.81. The Morgan fingerprint density at radius 1 is 1.24 bits per heavy atom. The van der Waals surface area contributed by atoms with E-state index in [-0.39, 0.29) is 0 Å². The fourth-order valence-electron chi connectivity index (χ4n) is 2.66. The van der Waals surface area contributed by atoms with Crippen LogP contribution in [0, 0.1) is 0 Å². The van der Waals surface area contributed by atoms with Crippen molar-refractivity contribution >= 4 is 16.6 Å². The van der Waals surface area contributed by atoms with Crippen molar-refractivity contribution < 1.29 is 0 Å². The average molecular weight is 229 g/mol. The number of hydrogen-bond donors (Lipinski definition) is 2. The predicted molar refractivity (Wildman–Crippen MR) is 72.1 cm³/mol. The summed E-state index contributed by atoms with van der Waals surface area (Å²) < 4.78 is 0. The van der Waals surface area contributed by atoms with E-state index in [4.69, 9.17) is 5.73 Å². The molecule has 3 nitrogen and oxygen atoms in total. The average Bonchev–Trinajstić information content (AvgIpc) is 2.95. The largest absolute Gasteiger partial charge is 0.398 e. The van der Waals surface area contributed by atoms with E-state index in [1.54, 1.807) is 0 Å². The molecule has 0 aliphatic carbocycles. The second-order valence-corrected chi connectivity index (χ2v) is 4.90. The molecule has 2 heterocycles. The van der Waals surface area contributed by atoms with Gasteiger partial charge < -0.3 is 15.6 Å². The monoisotopic (exact) mass is 229 g/mol. The summed E-state index contributed by atoms with van der Waals surface area (Å²) in [4.78, 5) is 5.99. The summed E-state index contributed by atoms with van der Waals surface area (Å²) in [7, 11) is 0. The highest BCUT2D eigenvalue weighted by atomic mass is 15.1. The van der Waals surface area contributed by atoms with Crippen molar-refractivity contribution in [1.29, 1.82) is 0 Å². The lowest BCUT2D eigenvalue weighted by Gasteiger charge is -2.13. The van der Waals surface area contributed by atoms with Gasteiger partial charge in [0, 0.05) is 35.2 Å². The Hall–Kier alpha value is -1.48. The van der Waals surface area contributed by atoms with Gasteiger partial charge in [0.05, 0.1) is 0 Å². The smallest absolute Gasteiger partial charge is 0.0476 e. The maximum absolute atomic E-state index is 5.96. The number of rotatable bonds is 3. The molecule has 3 rings (SSSR count). The van der Waals surface area contributed by atoms with E-state index in [1.165, 1.54) is 31.6 Å². The first-order valence-electron chi connectivity index (χ1n) is 6.41. The molecule has 90 valence electrons. The van der Waals surface area contributed by atoms with Crippen LogP contribution in [0.2, 0.25) is 0 Å². The van der Waals surface area contributed by atoms with E-state index in [0.717, 1.165) is 29.6 Å². The van der Waals surface area contributed by atoms with Gasteiger partial charge in [0.2, 0.25) is 0 Å². The van der Waals surface area contributed by atoms with Crippen LogP contribution >= 0.6 is 0 Å². The van der Waals surface area contributed by atoms with Gasteiger partial charge in [-0.3, -0.25) is 0 Å². The maximum atomic E-state index is 5.96. The summed E-state index contributed by atoms with van der Waals surface area (Å²) in [5.74, 6) is 0. The van der Waals surface area contributed by atoms with Crippen LogP contribution in [0.5, 0.6) is 0 Å². The molecule has 1 fully saturated rings. The Morgan fingerprint density at radius 2 is 2.06 bits per heavy atom. The molecule has 0 amide bonds. The number of anilines is 1. The van der Waals surface area contributed by atoms with Crippen LogP contribution in [0.1, 0.15) is 18.5 Å². The van der Waals surface area contributed by atoms with Crippen molar-refractivity contribution in [3.8, 4) is 0 Å². The van der Waals surface area contributed by atoms with E-state index in [2.05, 4.69) is 22.0 Å². The third-order valence-electron chi connectivity index (χ3n) is 3.65. The summed E-state index contributed by atoms with van der Waals surface area (Å²) in [5, 5.41) is 1.16. The van der Waals surface area contributed by atoms with Crippen LogP contribution in [-0.4, -0.2) is 29.5 Å². The number of fused-ring (bicyclic) bond motifs is 1. The van der Waals surface area contributed by atoms with Crippen LogP contribution in [0.25, 0.3) is 10.9 Å². The number of likely N-dealkylation sites (tertiary alicyclic amines) is 1. The number of aromatic amines is 1. The topological polar surface area (TPSA) is 45.1 Å². The standard InChI is InChI=1S/C14H19N3/c15-13-4-3-5-14-12(13)10-11(16-14)6-9-17-7-1-2-8-17/h3-5,10,16H,1-2,6-9,15H2. The number of nitrogens with one attached hydrogen (secondary N) is 1. The Kier molecular flexibility index (Phi) is 2.77. The van der Waals surface area contributed by atoms with Gasteiger partial charge in [0.15, 0.2) is 0 Å². The third-order valence-corrected chi connectivity index (χ3v) is 3.65. The molecule has 0 bridgehead atoms. The molecular weight excluding hydrogens is 210 g/mol. The Labute approximate surface area is 102 Å². The molecule has 0 saturated carbocycles. The SMILES string of the molecule is Nc1cccc2[nH]c(CCN3CCCC3)cc12. The summed E-state index contributed by atoms with van der Waals surface area (Å²) in [5.41, 5.74) is 9.27. The van der Waals surface area contributed by atoms with Gasteiger partial charge in [-0.1, -0.05) is 6.07 Å². The van der Waals surface area contributed by atoms with Gasteiger partial charge in [-0.15, -0.1) is 0 Å². The number of hydrogen-bond acceptors (Lipinski definition) is 2. The molecule has 0 spiro atoms. The third kappa shape index (κ3) is 2.15. The molecule has 17 heavy (non-hydrogen) atoms. The van der Waals surface area contributed by atoms with E-state index >= 15 is 0 Å². The lowest BCUT2D eigenvalue weighted by molar-refractivity contribution is 0.342. The van der Waals surface area contributed by atoms with E-state index in [1.807, 2.05) is 12.1 Å². The van der Waals surface area contributed by atoms with Gasteiger partial charge in [0.1, 0.15) is 0 Å². The quantitative estimate of drug-likeness (QED) is 0.794. The zero-order valence-electron chi connectivity index (χ0n) is 10.1. The highest BCUT2D eigenvalue weighted by Gasteiger charge is 2.11. The first-order chi connectivity index (χ1) is 8.33. The fourth-order valence-corrected chi connectivity index (χ4v) is 2.66. The van der Waals surface area contributed by atoms with Crippen molar-refractivity contribution in [2.75, 3.05) is 25.4 Å². The summed E-state index contributed by atoms with van der Waals surface area (Å²) in [6, 6.07) is 8.24. The molecule has 0 radical (unpaired) electrons. The second kappa shape index (κ2) is 4.41. The van der Waals surface area contributed by atoms with Gasteiger partial charge in [-0.05, 0) is 44.1 Å². The number of aromatic nitrogens is 1. The number of H-pyrrole nitrogens is 1. The van der Waals surface area contributed by atoms with Crippen molar-refractivity contribution in [1.82, 2.24) is 9.88 Å². The molecule has 1 aromatic heterocycles. The normalized spacial score (nSPS) is 16.9. The Bertz CT molecular complexity index is 509. The molecule has 3 heteroatoms. The van der Waals surface area contributed by atoms with Crippen LogP contribution in [0.4, 0.5) is 5.69 Å². The minimum absolute atomic E-state index is 0.867. The molecule has 3 N–H and O–H groups in total. The molecule has 0 unspecified atom stereocenters. The lowest BCUT2D eigenvalue weighted by atomic mass is 10.2. The fraction of sp³-hybridized carbons (Fsp3) is 0.429. The molecular formula is C14H19N3. The first-order valence-corrected chi connectivity index (χ1v) is 6.41. The van der Waals surface area contributed by atoms with Crippen LogP contribution in [0.15, 0.2) is 24.3 Å². The molecule has 0 atom stereocenters. The van der Waals surface area contributed by atoms with E-state index in [0.29, 0.717) is 0 Å². The highest BCUT2D eigenvalue weighted by molar-refractivity contribution is 5.91. The van der Waals surface area contributed by atoms with E-state index in [9.17, 15) is 0 Å². The number of benzene rings is 1. The zero-order valence-corrected chi connectivity index (χ0v) is 10.1.